The van der Waals surface area contributed by atoms with Gasteiger partial charge in [0.1, 0.15) is 11.0 Å². The molecule has 0 fully saturated rings. The average molecular weight is 437 g/mol. The summed E-state index contributed by atoms with van der Waals surface area (Å²) in [4.78, 5) is 18.8. The zero-order valence-corrected chi connectivity index (χ0v) is 17.9. The number of anilines is 1. The highest BCUT2D eigenvalue weighted by molar-refractivity contribution is 8.00. The van der Waals surface area contributed by atoms with Crippen molar-refractivity contribution < 1.29 is 9.53 Å². The van der Waals surface area contributed by atoms with Gasteiger partial charge >= 0.3 is 0 Å². The quantitative estimate of drug-likeness (QED) is 0.361. The van der Waals surface area contributed by atoms with Crippen molar-refractivity contribution in [1.82, 2.24) is 15.2 Å². The molecule has 0 aliphatic rings. The van der Waals surface area contributed by atoms with Crippen molar-refractivity contribution >= 4 is 34.7 Å². The zero-order chi connectivity index (χ0) is 20.8. The number of aromatic amines is 1. The zero-order valence-electron chi connectivity index (χ0n) is 16.2. The fourth-order valence-corrected chi connectivity index (χ4v) is 4.45. The summed E-state index contributed by atoms with van der Waals surface area (Å²) in [5, 5.41) is 12.2. The number of hydrogen-bond donors (Lipinski definition) is 2. The maximum Gasteiger partial charge on any atom is 0.242 e. The fourth-order valence-electron chi connectivity index (χ4n) is 2.88. The fraction of sp³-hybridized carbons (Fsp3) is 0.136. The first-order valence-corrected chi connectivity index (χ1v) is 11.2. The minimum Gasteiger partial charge on any atom is -0.492 e. The lowest BCUT2D eigenvalue weighted by Gasteiger charge is -2.17. The summed E-state index contributed by atoms with van der Waals surface area (Å²) in [5.41, 5.74) is 1.51. The lowest BCUT2D eigenvalue weighted by molar-refractivity contribution is -0.115. The van der Waals surface area contributed by atoms with Gasteiger partial charge in [0.25, 0.3) is 0 Å². The third kappa shape index (κ3) is 4.72. The molecule has 2 heterocycles. The molecule has 0 bridgehead atoms. The van der Waals surface area contributed by atoms with Gasteiger partial charge in [0.2, 0.25) is 11.1 Å². The number of thiophene rings is 1. The van der Waals surface area contributed by atoms with Gasteiger partial charge < -0.3 is 10.1 Å². The number of carbonyl (C=O) groups is 1. The topological polar surface area (TPSA) is 79.9 Å². The van der Waals surface area contributed by atoms with E-state index < -0.39 is 5.25 Å². The average Bonchev–Trinajstić information content (AvgIpc) is 3.46. The Hall–Kier alpha value is -3.10. The number of H-pyrrole nitrogens is 1. The third-order valence-corrected chi connectivity index (χ3v) is 6.22. The Balaban J connectivity index is 1.58. The Morgan fingerprint density at radius 2 is 1.93 bits per heavy atom. The summed E-state index contributed by atoms with van der Waals surface area (Å²) in [6.07, 6.45) is 0. The molecular weight excluding hydrogens is 416 g/mol. The van der Waals surface area contributed by atoms with Crippen molar-refractivity contribution in [1.29, 1.82) is 0 Å². The van der Waals surface area contributed by atoms with Crippen LogP contribution in [0.2, 0.25) is 0 Å². The van der Waals surface area contributed by atoms with Crippen LogP contribution in [-0.2, 0) is 4.79 Å². The van der Waals surface area contributed by atoms with Crippen LogP contribution in [0.3, 0.4) is 0 Å². The van der Waals surface area contributed by atoms with Crippen molar-refractivity contribution in [2.24, 2.45) is 0 Å². The number of para-hydroxylation sites is 2. The van der Waals surface area contributed by atoms with Gasteiger partial charge in [0, 0.05) is 0 Å². The van der Waals surface area contributed by atoms with E-state index in [-0.39, 0.29) is 5.91 Å². The molecule has 0 aliphatic carbocycles. The van der Waals surface area contributed by atoms with Crippen LogP contribution < -0.4 is 10.1 Å². The highest BCUT2D eigenvalue weighted by Crippen LogP contribution is 2.36. The molecule has 30 heavy (non-hydrogen) atoms. The molecule has 2 aromatic carbocycles. The molecule has 152 valence electrons. The first-order valence-electron chi connectivity index (χ1n) is 9.45. The van der Waals surface area contributed by atoms with Crippen molar-refractivity contribution in [2.75, 3.05) is 11.9 Å². The molecule has 6 nitrogen and oxygen atoms in total. The van der Waals surface area contributed by atoms with Crippen molar-refractivity contribution in [3.63, 3.8) is 0 Å². The first kappa shape index (κ1) is 20.2. The van der Waals surface area contributed by atoms with Crippen molar-refractivity contribution in [2.45, 2.75) is 17.3 Å². The number of thioether (sulfide) groups is 1. The van der Waals surface area contributed by atoms with Crippen LogP contribution in [0, 0.1) is 0 Å². The number of nitrogens with zero attached hydrogens (tertiary/aromatic N) is 2. The van der Waals surface area contributed by atoms with Crippen LogP contribution in [0.1, 0.15) is 17.7 Å². The Morgan fingerprint density at radius 3 is 2.70 bits per heavy atom. The molecule has 2 aromatic heterocycles. The Morgan fingerprint density at radius 1 is 1.13 bits per heavy atom. The standard InChI is InChI=1S/C22H20N4O2S2/c1-2-28-17-12-7-6-11-16(17)23-21(27)19(15-9-4-3-5-10-15)30-22-24-20(25-26-22)18-13-8-14-29-18/h3-14,19H,2H2,1H3,(H,23,27)(H,24,25,26). The van der Waals surface area contributed by atoms with E-state index >= 15 is 0 Å². The Kier molecular flexibility index (Phi) is 6.46. The van der Waals surface area contributed by atoms with E-state index in [1.165, 1.54) is 11.8 Å². The normalized spacial score (nSPS) is 11.8. The van der Waals surface area contributed by atoms with E-state index in [0.29, 0.717) is 29.0 Å². The molecule has 2 N–H and O–H groups in total. The molecule has 0 radical (unpaired) electrons. The molecule has 1 unspecified atom stereocenters. The van der Waals surface area contributed by atoms with Crippen molar-refractivity contribution in [3.05, 3.63) is 77.7 Å². The van der Waals surface area contributed by atoms with Gasteiger partial charge in [-0.15, -0.1) is 16.4 Å². The van der Waals surface area contributed by atoms with Crippen LogP contribution in [-0.4, -0.2) is 27.7 Å². The summed E-state index contributed by atoms with van der Waals surface area (Å²) >= 11 is 2.89. The van der Waals surface area contributed by atoms with Gasteiger partial charge in [-0.05, 0) is 36.1 Å². The van der Waals surface area contributed by atoms with E-state index in [4.69, 9.17) is 4.74 Å². The van der Waals surface area contributed by atoms with Crippen LogP contribution >= 0.6 is 23.1 Å². The van der Waals surface area contributed by atoms with E-state index in [2.05, 4.69) is 20.5 Å². The predicted octanol–water partition coefficient (Wildman–Crippen LogP) is 5.40. The van der Waals surface area contributed by atoms with Crippen LogP contribution in [0.25, 0.3) is 10.7 Å². The number of carbonyl (C=O) groups excluding carboxylic acids is 1. The second-order valence-corrected chi connectivity index (χ2v) is 8.29. The Labute approximate surface area is 182 Å². The minimum atomic E-state index is -0.520. The highest BCUT2D eigenvalue weighted by atomic mass is 32.2. The SMILES string of the molecule is CCOc1ccccc1NC(=O)C(Sc1n[nH]c(-c2cccs2)n1)c1ccccc1. The molecular formula is C22H20N4O2S2. The number of nitrogens with one attached hydrogen (secondary N) is 2. The number of hydrogen-bond acceptors (Lipinski definition) is 6. The molecule has 4 rings (SSSR count). The number of ether oxygens (including phenoxy) is 1. The van der Waals surface area contributed by atoms with Gasteiger partial charge in [-0.1, -0.05) is 60.3 Å². The maximum absolute atomic E-state index is 13.3. The monoisotopic (exact) mass is 436 g/mol. The summed E-state index contributed by atoms with van der Waals surface area (Å²) in [5.74, 6) is 1.17. The number of aromatic nitrogens is 3. The molecule has 1 amide bonds. The second kappa shape index (κ2) is 9.60. The van der Waals surface area contributed by atoms with Crippen LogP contribution in [0.4, 0.5) is 5.69 Å². The smallest absolute Gasteiger partial charge is 0.242 e. The van der Waals surface area contributed by atoms with E-state index in [1.807, 2.05) is 79.0 Å². The van der Waals surface area contributed by atoms with Gasteiger partial charge in [-0.3, -0.25) is 9.89 Å². The summed E-state index contributed by atoms with van der Waals surface area (Å²) < 4.78 is 5.64. The summed E-state index contributed by atoms with van der Waals surface area (Å²) in [6, 6.07) is 21.0. The molecule has 0 saturated heterocycles. The summed E-state index contributed by atoms with van der Waals surface area (Å²) in [7, 11) is 0. The molecule has 1 atom stereocenters. The van der Waals surface area contributed by atoms with E-state index in [9.17, 15) is 4.79 Å². The molecule has 8 heteroatoms. The van der Waals surface area contributed by atoms with E-state index in [0.717, 1.165) is 10.4 Å². The highest BCUT2D eigenvalue weighted by Gasteiger charge is 2.25. The largest absolute Gasteiger partial charge is 0.492 e. The number of rotatable bonds is 8. The lowest BCUT2D eigenvalue weighted by atomic mass is 10.1. The van der Waals surface area contributed by atoms with Gasteiger partial charge in [0.15, 0.2) is 5.82 Å². The molecule has 4 aromatic rings. The van der Waals surface area contributed by atoms with Crippen LogP contribution in [0.5, 0.6) is 5.75 Å². The van der Waals surface area contributed by atoms with Gasteiger partial charge in [-0.25, -0.2) is 4.98 Å². The Bertz CT molecular complexity index is 1100. The molecule has 0 spiro atoms. The van der Waals surface area contributed by atoms with Gasteiger partial charge in [-0.2, -0.15) is 0 Å². The number of benzene rings is 2. The maximum atomic E-state index is 13.3. The second-order valence-electron chi connectivity index (χ2n) is 6.27. The minimum absolute atomic E-state index is 0.166. The van der Waals surface area contributed by atoms with E-state index in [1.54, 1.807) is 11.3 Å². The molecule has 0 aliphatic heterocycles. The predicted molar refractivity (Wildman–Crippen MR) is 121 cm³/mol. The lowest BCUT2D eigenvalue weighted by Crippen LogP contribution is -2.19. The first-order chi connectivity index (χ1) is 14.7. The molecule has 0 saturated carbocycles. The van der Waals surface area contributed by atoms with Crippen molar-refractivity contribution in [3.8, 4) is 16.5 Å². The van der Waals surface area contributed by atoms with Crippen LogP contribution in [0.15, 0.2) is 77.3 Å². The third-order valence-electron chi connectivity index (χ3n) is 4.23. The van der Waals surface area contributed by atoms with Gasteiger partial charge in [0.05, 0.1) is 17.2 Å². The number of amides is 1. The summed E-state index contributed by atoms with van der Waals surface area (Å²) in [6.45, 7) is 2.43.